The zero-order valence-corrected chi connectivity index (χ0v) is 13.1. The van der Waals surface area contributed by atoms with E-state index >= 15 is 0 Å². The number of nitrogens with one attached hydrogen (secondary N) is 1. The van der Waals surface area contributed by atoms with Crippen molar-refractivity contribution in [2.24, 2.45) is 5.73 Å². The molecule has 2 aliphatic rings. The molecule has 3 rings (SSSR count). The first-order valence-corrected chi connectivity index (χ1v) is 9.01. The first-order chi connectivity index (χ1) is 9.97. The van der Waals surface area contributed by atoms with Crippen molar-refractivity contribution >= 4 is 10.0 Å². The molecule has 0 saturated heterocycles. The van der Waals surface area contributed by atoms with E-state index in [4.69, 9.17) is 10.5 Å². The molecule has 5 nitrogen and oxygen atoms in total. The van der Waals surface area contributed by atoms with Crippen molar-refractivity contribution in [2.45, 2.75) is 56.0 Å². The SMILES string of the molecule is Cc1cc2c(c(S(=O)(=O)NC3CCCC3)c1)OCCC2N. The van der Waals surface area contributed by atoms with Gasteiger partial charge in [-0.1, -0.05) is 18.9 Å². The number of fused-ring (bicyclic) bond motifs is 1. The van der Waals surface area contributed by atoms with Gasteiger partial charge in [0.2, 0.25) is 10.0 Å². The smallest absolute Gasteiger partial charge is 0.244 e. The van der Waals surface area contributed by atoms with E-state index in [1.165, 1.54) is 0 Å². The van der Waals surface area contributed by atoms with Crippen LogP contribution in [0.1, 0.15) is 49.3 Å². The molecular formula is C15H22N2O3S. The highest BCUT2D eigenvalue weighted by molar-refractivity contribution is 7.89. The first kappa shape index (κ1) is 14.8. The molecule has 1 aromatic rings. The summed E-state index contributed by atoms with van der Waals surface area (Å²) >= 11 is 0. The molecule has 1 aliphatic heterocycles. The van der Waals surface area contributed by atoms with E-state index in [1.54, 1.807) is 6.07 Å². The molecule has 0 spiro atoms. The Kier molecular flexibility index (Phi) is 3.94. The molecular weight excluding hydrogens is 288 g/mol. The maximum atomic E-state index is 12.7. The van der Waals surface area contributed by atoms with Gasteiger partial charge >= 0.3 is 0 Å². The summed E-state index contributed by atoms with van der Waals surface area (Å²) in [5.41, 5.74) is 7.79. The molecule has 0 aromatic heterocycles. The Morgan fingerprint density at radius 1 is 1.24 bits per heavy atom. The number of ether oxygens (including phenoxy) is 1. The van der Waals surface area contributed by atoms with E-state index in [0.717, 1.165) is 36.8 Å². The molecule has 1 heterocycles. The van der Waals surface area contributed by atoms with Gasteiger partial charge in [-0.3, -0.25) is 0 Å². The van der Waals surface area contributed by atoms with Gasteiger partial charge in [0.25, 0.3) is 0 Å². The summed E-state index contributed by atoms with van der Waals surface area (Å²) in [6, 6.07) is 3.49. The summed E-state index contributed by atoms with van der Waals surface area (Å²) in [4.78, 5) is 0.236. The lowest BCUT2D eigenvalue weighted by atomic mass is 9.99. The molecule has 1 saturated carbocycles. The lowest BCUT2D eigenvalue weighted by Crippen LogP contribution is -2.33. The third-order valence-electron chi connectivity index (χ3n) is 4.27. The van der Waals surface area contributed by atoms with Crippen molar-refractivity contribution in [3.63, 3.8) is 0 Å². The Bertz CT molecular complexity index is 637. The van der Waals surface area contributed by atoms with Crippen LogP contribution in [0.15, 0.2) is 17.0 Å². The molecule has 116 valence electrons. The van der Waals surface area contributed by atoms with E-state index in [2.05, 4.69) is 4.72 Å². The minimum absolute atomic E-state index is 0.0448. The Hall–Kier alpha value is -1.11. The highest BCUT2D eigenvalue weighted by Gasteiger charge is 2.30. The van der Waals surface area contributed by atoms with Crippen molar-refractivity contribution in [1.82, 2.24) is 4.72 Å². The molecule has 1 atom stereocenters. The quantitative estimate of drug-likeness (QED) is 0.894. The van der Waals surface area contributed by atoms with Gasteiger partial charge in [0, 0.05) is 24.1 Å². The fraction of sp³-hybridized carbons (Fsp3) is 0.600. The van der Waals surface area contributed by atoms with Crippen LogP contribution >= 0.6 is 0 Å². The van der Waals surface area contributed by atoms with E-state index in [0.29, 0.717) is 18.8 Å². The monoisotopic (exact) mass is 310 g/mol. The molecule has 6 heteroatoms. The second-order valence-corrected chi connectivity index (χ2v) is 7.71. The third kappa shape index (κ3) is 2.93. The average molecular weight is 310 g/mol. The van der Waals surface area contributed by atoms with Crippen LogP contribution in [0.2, 0.25) is 0 Å². The summed E-state index contributed by atoms with van der Waals surface area (Å²) in [6.07, 6.45) is 4.70. The molecule has 1 unspecified atom stereocenters. The highest BCUT2D eigenvalue weighted by Crippen LogP contribution is 2.37. The fourth-order valence-electron chi connectivity index (χ4n) is 3.17. The van der Waals surface area contributed by atoms with Gasteiger partial charge in [-0.05, 0) is 31.4 Å². The fourth-order valence-corrected chi connectivity index (χ4v) is 4.73. The number of sulfonamides is 1. The van der Waals surface area contributed by atoms with Crippen LogP contribution in [0.3, 0.4) is 0 Å². The first-order valence-electron chi connectivity index (χ1n) is 7.52. The second-order valence-electron chi connectivity index (χ2n) is 6.03. The van der Waals surface area contributed by atoms with Gasteiger partial charge in [0.1, 0.15) is 10.6 Å². The Morgan fingerprint density at radius 2 is 1.95 bits per heavy atom. The summed E-state index contributed by atoms with van der Waals surface area (Å²) in [5, 5.41) is 0. The highest BCUT2D eigenvalue weighted by atomic mass is 32.2. The van der Waals surface area contributed by atoms with Crippen LogP contribution in [-0.4, -0.2) is 21.1 Å². The molecule has 1 aliphatic carbocycles. The van der Waals surface area contributed by atoms with Gasteiger partial charge < -0.3 is 10.5 Å². The van der Waals surface area contributed by atoms with Crippen molar-refractivity contribution < 1.29 is 13.2 Å². The minimum atomic E-state index is -3.56. The summed E-state index contributed by atoms with van der Waals surface area (Å²) in [7, 11) is -3.56. The van der Waals surface area contributed by atoms with Crippen LogP contribution < -0.4 is 15.2 Å². The van der Waals surface area contributed by atoms with E-state index in [1.807, 2.05) is 13.0 Å². The molecule has 3 N–H and O–H groups in total. The van der Waals surface area contributed by atoms with Gasteiger partial charge in [0.15, 0.2) is 0 Å². The number of rotatable bonds is 3. The number of hydrogen-bond donors (Lipinski definition) is 2. The predicted octanol–water partition coefficient (Wildman–Crippen LogP) is 2.00. The topological polar surface area (TPSA) is 81.4 Å². The Morgan fingerprint density at radius 3 is 2.67 bits per heavy atom. The number of nitrogens with two attached hydrogens (primary N) is 1. The van der Waals surface area contributed by atoms with Gasteiger partial charge in [0.05, 0.1) is 6.61 Å². The second kappa shape index (κ2) is 5.59. The average Bonchev–Trinajstić information content (AvgIpc) is 2.91. The largest absolute Gasteiger partial charge is 0.492 e. The van der Waals surface area contributed by atoms with Crippen molar-refractivity contribution in [3.8, 4) is 5.75 Å². The number of aryl methyl sites for hydroxylation is 1. The normalized spacial score (nSPS) is 22.9. The Labute approximate surface area is 125 Å². The van der Waals surface area contributed by atoms with Crippen LogP contribution in [0, 0.1) is 6.92 Å². The predicted molar refractivity (Wildman–Crippen MR) is 80.8 cm³/mol. The number of hydrogen-bond acceptors (Lipinski definition) is 4. The lowest BCUT2D eigenvalue weighted by molar-refractivity contribution is 0.261. The van der Waals surface area contributed by atoms with Gasteiger partial charge in [-0.15, -0.1) is 0 Å². The van der Waals surface area contributed by atoms with Gasteiger partial charge in [-0.25, -0.2) is 13.1 Å². The van der Waals surface area contributed by atoms with Crippen LogP contribution in [0.4, 0.5) is 0 Å². The van der Waals surface area contributed by atoms with Crippen molar-refractivity contribution in [3.05, 3.63) is 23.3 Å². The zero-order valence-electron chi connectivity index (χ0n) is 12.3. The molecule has 0 amide bonds. The van der Waals surface area contributed by atoms with Crippen molar-refractivity contribution in [2.75, 3.05) is 6.61 Å². The Balaban J connectivity index is 2.00. The van der Waals surface area contributed by atoms with E-state index < -0.39 is 10.0 Å². The summed E-state index contributed by atoms with van der Waals surface area (Å²) < 4.78 is 33.8. The van der Waals surface area contributed by atoms with Crippen LogP contribution in [0.25, 0.3) is 0 Å². The molecule has 0 radical (unpaired) electrons. The minimum Gasteiger partial charge on any atom is -0.492 e. The number of benzene rings is 1. The standard InChI is InChI=1S/C15H22N2O3S/c1-10-8-12-13(16)6-7-20-15(12)14(9-10)21(18,19)17-11-4-2-3-5-11/h8-9,11,13,17H,2-7,16H2,1H3. The molecule has 0 bridgehead atoms. The summed E-state index contributed by atoms with van der Waals surface area (Å²) in [6.45, 7) is 2.35. The van der Waals surface area contributed by atoms with Gasteiger partial charge in [-0.2, -0.15) is 0 Å². The summed E-state index contributed by atoms with van der Waals surface area (Å²) in [5.74, 6) is 0.435. The van der Waals surface area contributed by atoms with E-state index in [9.17, 15) is 8.42 Å². The van der Waals surface area contributed by atoms with Crippen LogP contribution in [-0.2, 0) is 10.0 Å². The van der Waals surface area contributed by atoms with E-state index in [-0.39, 0.29) is 17.0 Å². The maximum absolute atomic E-state index is 12.7. The lowest BCUT2D eigenvalue weighted by Gasteiger charge is -2.26. The molecule has 1 fully saturated rings. The third-order valence-corrected chi connectivity index (χ3v) is 5.80. The van der Waals surface area contributed by atoms with Crippen molar-refractivity contribution in [1.29, 1.82) is 0 Å². The van der Waals surface area contributed by atoms with Crippen LogP contribution in [0.5, 0.6) is 5.75 Å². The maximum Gasteiger partial charge on any atom is 0.244 e. The zero-order chi connectivity index (χ0) is 15.0. The molecule has 21 heavy (non-hydrogen) atoms. The molecule has 1 aromatic carbocycles.